The lowest BCUT2D eigenvalue weighted by atomic mass is 9.95. The van der Waals surface area contributed by atoms with Crippen LogP contribution in [0.4, 0.5) is 0 Å². The number of fused-ring (bicyclic) bond motifs is 1. The number of thiazole rings is 1. The van der Waals surface area contributed by atoms with Crippen molar-refractivity contribution in [3.63, 3.8) is 0 Å². The molecule has 7 nitrogen and oxygen atoms in total. The number of phenolic OH excluding ortho intramolecular Hbond substituents is 1. The first-order chi connectivity index (χ1) is 15.5. The number of ether oxygens (including phenoxy) is 2. The number of para-hydroxylation sites is 2. The van der Waals surface area contributed by atoms with Crippen molar-refractivity contribution in [3.8, 4) is 11.5 Å². The van der Waals surface area contributed by atoms with E-state index in [0.717, 1.165) is 0 Å². The van der Waals surface area contributed by atoms with E-state index < -0.39 is 12.0 Å². The number of aromatic hydroxyl groups is 1. The van der Waals surface area contributed by atoms with Crippen LogP contribution in [0.15, 0.2) is 69.6 Å². The van der Waals surface area contributed by atoms with Gasteiger partial charge in [-0.15, -0.1) is 0 Å². The van der Waals surface area contributed by atoms with E-state index in [2.05, 4.69) is 4.99 Å². The molecule has 1 aliphatic heterocycles. The Kier molecular flexibility index (Phi) is 5.96. The Hall–Kier alpha value is -3.65. The highest BCUT2D eigenvalue weighted by molar-refractivity contribution is 7.07. The molecule has 0 bridgehead atoms. The van der Waals surface area contributed by atoms with Gasteiger partial charge in [0, 0.05) is 11.1 Å². The lowest BCUT2D eigenvalue weighted by Crippen LogP contribution is -2.40. The molecule has 1 atom stereocenters. The van der Waals surface area contributed by atoms with Gasteiger partial charge in [-0.25, -0.2) is 9.79 Å². The maximum Gasteiger partial charge on any atom is 0.338 e. The van der Waals surface area contributed by atoms with E-state index >= 15 is 0 Å². The molecule has 1 N–H and O–H groups in total. The second-order valence-electron chi connectivity index (χ2n) is 7.10. The fraction of sp³-hybridized carbons (Fsp3) is 0.208. The third-order valence-electron chi connectivity index (χ3n) is 5.17. The first kappa shape index (κ1) is 21.6. The van der Waals surface area contributed by atoms with E-state index in [9.17, 15) is 14.7 Å². The SMILES string of the molecule is CCOC(=O)C1=C(C)N=c2s/c(=C\c3ccccc3O)c(=O)n2[C@@H]1c1ccccc1OC. The summed E-state index contributed by atoms with van der Waals surface area (Å²) in [6.07, 6.45) is 1.63. The van der Waals surface area contributed by atoms with Crippen molar-refractivity contribution in [2.24, 2.45) is 4.99 Å². The average Bonchev–Trinajstić information content (AvgIpc) is 3.09. The molecule has 0 aliphatic carbocycles. The highest BCUT2D eigenvalue weighted by atomic mass is 32.1. The van der Waals surface area contributed by atoms with Crippen LogP contribution in [-0.4, -0.2) is 29.4 Å². The summed E-state index contributed by atoms with van der Waals surface area (Å²) in [5.74, 6) is 0.0897. The van der Waals surface area contributed by atoms with E-state index in [4.69, 9.17) is 9.47 Å². The summed E-state index contributed by atoms with van der Waals surface area (Å²) in [6.45, 7) is 3.66. The molecular weight excluding hydrogens is 428 g/mol. The predicted octanol–water partition coefficient (Wildman–Crippen LogP) is 2.51. The zero-order valence-corrected chi connectivity index (χ0v) is 18.7. The molecule has 2 heterocycles. The van der Waals surface area contributed by atoms with Crippen molar-refractivity contribution in [1.82, 2.24) is 4.57 Å². The summed E-state index contributed by atoms with van der Waals surface area (Å²) in [5, 5.41) is 10.1. The highest BCUT2D eigenvalue weighted by Gasteiger charge is 2.34. The summed E-state index contributed by atoms with van der Waals surface area (Å²) in [6, 6.07) is 13.3. The minimum Gasteiger partial charge on any atom is -0.507 e. The van der Waals surface area contributed by atoms with Crippen molar-refractivity contribution in [2.75, 3.05) is 13.7 Å². The predicted molar refractivity (Wildman–Crippen MR) is 121 cm³/mol. The van der Waals surface area contributed by atoms with Crippen molar-refractivity contribution in [1.29, 1.82) is 0 Å². The highest BCUT2D eigenvalue weighted by Crippen LogP contribution is 2.35. The summed E-state index contributed by atoms with van der Waals surface area (Å²) in [5.41, 5.74) is 1.63. The van der Waals surface area contributed by atoms with Crippen LogP contribution in [0.5, 0.6) is 11.5 Å². The lowest BCUT2D eigenvalue weighted by molar-refractivity contribution is -0.139. The molecule has 164 valence electrons. The number of rotatable bonds is 5. The number of nitrogens with zero attached hydrogens (tertiary/aromatic N) is 2. The van der Waals surface area contributed by atoms with Crippen LogP contribution in [0.2, 0.25) is 0 Å². The van der Waals surface area contributed by atoms with Gasteiger partial charge in [-0.2, -0.15) is 0 Å². The molecule has 8 heteroatoms. The molecule has 4 rings (SSSR count). The quantitative estimate of drug-likeness (QED) is 0.604. The van der Waals surface area contributed by atoms with Gasteiger partial charge in [0.05, 0.1) is 29.5 Å². The van der Waals surface area contributed by atoms with Crippen LogP contribution in [0.1, 0.15) is 31.0 Å². The second kappa shape index (κ2) is 8.84. The number of allylic oxidation sites excluding steroid dienone is 1. The molecular formula is C24H22N2O5S. The normalized spacial score (nSPS) is 15.8. The Balaban J connectivity index is 2.01. The fourth-order valence-corrected chi connectivity index (χ4v) is 4.77. The zero-order chi connectivity index (χ0) is 22.8. The molecule has 0 spiro atoms. The number of methoxy groups -OCH3 is 1. The summed E-state index contributed by atoms with van der Waals surface area (Å²) < 4.78 is 12.7. The van der Waals surface area contributed by atoms with Gasteiger partial charge in [0.25, 0.3) is 5.56 Å². The summed E-state index contributed by atoms with van der Waals surface area (Å²) >= 11 is 1.20. The van der Waals surface area contributed by atoms with Crippen LogP contribution in [0.25, 0.3) is 6.08 Å². The smallest absolute Gasteiger partial charge is 0.338 e. The van der Waals surface area contributed by atoms with Crippen LogP contribution < -0.4 is 19.6 Å². The molecule has 0 saturated carbocycles. The fourth-order valence-electron chi connectivity index (χ4n) is 3.73. The molecule has 1 aliphatic rings. The number of esters is 1. The number of carbonyl (C=O) groups excluding carboxylic acids is 1. The van der Waals surface area contributed by atoms with E-state index in [1.807, 2.05) is 18.2 Å². The number of benzene rings is 2. The number of phenols is 1. The molecule has 2 aromatic carbocycles. The first-order valence-electron chi connectivity index (χ1n) is 10.1. The molecule has 0 amide bonds. The van der Waals surface area contributed by atoms with Gasteiger partial charge in [-0.05, 0) is 32.1 Å². The minimum absolute atomic E-state index is 0.0722. The number of carbonyl (C=O) groups is 1. The molecule has 32 heavy (non-hydrogen) atoms. The van der Waals surface area contributed by atoms with Crippen molar-refractivity contribution >= 4 is 23.4 Å². The van der Waals surface area contributed by atoms with Crippen LogP contribution in [0.3, 0.4) is 0 Å². The Morgan fingerprint density at radius 1 is 1.22 bits per heavy atom. The van der Waals surface area contributed by atoms with E-state index in [-0.39, 0.29) is 23.5 Å². The zero-order valence-electron chi connectivity index (χ0n) is 17.9. The number of aromatic nitrogens is 1. The van der Waals surface area contributed by atoms with Gasteiger partial charge in [0.15, 0.2) is 4.80 Å². The standard InChI is InChI=1S/C24H22N2O5S/c1-4-31-23(29)20-14(2)25-24-26(21(20)16-10-6-8-12-18(16)30-3)22(28)19(32-24)13-15-9-5-7-11-17(15)27/h5-13,21,27H,4H2,1-3H3/b19-13-/t21-/m1/s1. The Morgan fingerprint density at radius 3 is 2.66 bits per heavy atom. The van der Waals surface area contributed by atoms with Gasteiger partial charge >= 0.3 is 5.97 Å². The van der Waals surface area contributed by atoms with Crippen LogP contribution in [0, 0.1) is 0 Å². The third-order valence-corrected chi connectivity index (χ3v) is 6.16. The molecule has 3 aromatic rings. The Morgan fingerprint density at radius 2 is 1.94 bits per heavy atom. The number of hydrogen-bond donors (Lipinski definition) is 1. The first-order valence-corrected chi connectivity index (χ1v) is 10.9. The monoisotopic (exact) mass is 450 g/mol. The van der Waals surface area contributed by atoms with Gasteiger partial charge < -0.3 is 14.6 Å². The van der Waals surface area contributed by atoms with Gasteiger partial charge in [0.2, 0.25) is 0 Å². The van der Waals surface area contributed by atoms with Crippen LogP contribution >= 0.6 is 11.3 Å². The van der Waals surface area contributed by atoms with E-state index in [1.165, 1.54) is 15.9 Å². The van der Waals surface area contributed by atoms with E-state index in [1.54, 1.807) is 57.4 Å². The molecule has 0 unspecified atom stereocenters. The topological polar surface area (TPSA) is 90.1 Å². The molecule has 0 fully saturated rings. The minimum atomic E-state index is -0.757. The second-order valence-corrected chi connectivity index (χ2v) is 8.11. The molecule has 0 radical (unpaired) electrons. The Labute approximate surface area is 188 Å². The van der Waals surface area contributed by atoms with Crippen molar-refractivity contribution in [3.05, 3.63) is 90.6 Å². The summed E-state index contributed by atoms with van der Waals surface area (Å²) in [7, 11) is 1.54. The Bertz CT molecular complexity index is 1400. The summed E-state index contributed by atoms with van der Waals surface area (Å²) in [4.78, 5) is 31.5. The third kappa shape index (κ3) is 3.73. The maximum atomic E-state index is 13.5. The van der Waals surface area contributed by atoms with Gasteiger partial charge in [-0.1, -0.05) is 47.7 Å². The average molecular weight is 451 g/mol. The van der Waals surface area contributed by atoms with E-state index in [0.29, 0.717) is 31.9 Å². The van der Waals surface area contributed by atoms with Crippen molar-refractivity contribution in [2.45, 2.75) is 19.9 Å². The molecule has 0 saturated heterocycles. The van der Waals surface area contributed by atoms with Gasteiger partial charge in [0.1, 0.15) is 17.5 Å². The largest absolute Gasteiger partial charge is 0.507 e. The van der Waals surface area contributed by atoms with Crippen molar-refractivity contribution < 1.29 is 19.4 Å². The van der Waals surface area contributed by atoms with Gasteiger partial charge in [-0.3, -0.25) is 9.36 Å². The molecule has 1 aromatic heterocycles. The lowest BCUT2D eigenvalue weighted by Gasteiger charge is -2.25. The maximum absolute atomic E-state index is 13.5. The van der Waals surface area contributed by atoms with Crippen LogP contribution in [-0.2, 0) is 9.53 Å². The number of hydrogen-bond acceptors (Lipinski definition) is 7.